The molecule has 70 heavy (non-hydrogen) atoms. The summed E-state index contributed by atoms with van der Waals surface area (Å²) in [6, 6.07) is 5.62. The van der Waals surface area contributed by atoms with Crippen molar-refractivity contribution in [2.75, 3.05) is 25.4 Å². The number of carbonyl (C=O) groups excluding carboxylic acids is 9. The molecule has 1 aliphatic rings. The molecule has 3 aromatic rings. The summed E-state index contributed by atoms with van der Waals surface area (Å²) >= 11 is 4.11. The van der Waals surface area contributed by atoms with Gasteiger partial charge in [0, 0.05) is 42.2 Å². The highest BCUT2D eigenvalue weighted by Gasteiger charge is 2.39. The topological polar surface area (TPSA) is 369 Å². The number of nitrogens with two attached hydrogens (primary N) is 4. The monoisotopic (exact) mass is 992 g/mol. The Bertz CT molecular complexity index is 2300. The van der Waals surface area contributed by atoms with Crippen LogP contribution in [0.3, 0.4) is 0 Å². The number of aliphatic hydroxyl groups is 1. The Morgan fingerprint density at radius 2 is 1.37 bits per heavy atom. The number of aliphatic hydroxyl groups excluding tert-OH is 1. The average molecular weight is 993 g/mol. The number of nitrogens with zero attached hydrogens (tertiary/aromatic N) is 1. The zero-order chi connectivity index (χ0) is 51.5. The van der Waals surface area contributed by atoms with Gasteiger partial charge in [0.05, 0.1) is 13.0 Å². The van der Waals surface area contributed by atoms with E-state index in [-0.39, 0.29) is 38.0 Å². The van der Waals surface area contributed by atoms with Crippen LogP contribution in [-0.2, 0) is 56.0 Å². The fraction of sp³-hybridized carbons (Fsp3) is 0.511. The Hall–Kier alpha value is -6.56. The highest BCUT2D eigenvalue weighted by molar-refractivity contribution is 7.80. The number of aromatic amines is 1. The lowest BCUT2D eigenvalue weighted by Crippen LogP contribution is -2.61. The highest BCUT2D eigenvalue weighted by atomic mass is 32.1. The van der Waals surface area contributed by atoms with E-state index >= 15 is 0 Å². The van der Waals surface area contributed by atoms with Crippen LogP contribution in [0.1, 0.15) is 69.9 Å². The van der Waals surface area contributed by atoms with E-state index in [4.69, 9.17) is 22.9 Å². The van der Waals surface area contributed by atoms with Gasteiger partial charge in [0.25, 0.3) is 0 Å². The molecule has 0 saturated carbocycles. The number of unbranched alkanes of at least 4 members (excludes halogenated alkanes) is 1. The van der Waals surface area contributed by atoms with Crippen LogP contribution >= 0.6 is 12.6 Å². The van der Waals surface area contributed by atoms with Crippen molar-refractivity contribution >= 4 is 76.7 Å². The van der Waals surface area contributed by atoms with Crippen LogP contribution in [0.15, 0.2) is 60.8 Å². The number of rotatable bonds is 28. The lowest BCUT2D eigenvalue weighted by molar-refractivity contribution is -0.141. The molecule has 382 valence electrons. The van der Waals surface area contributed by atoms with E-state index in [1.54, 1.807) is 50.4 Å². The number of thiol groups is 1. The third-order valence-electron chi connectivity index (χ3n) is 12.3. The molecule has 1 saturated heterocycles. The maximum absolute atomic E-state index is 14.6. The minimum absolute atomic E-state index is 0.0683. The summed E-state index contributed by atoms with van der Waals surface area (Å²) in [5, 5.41) is 26.2. The van der Waals surface area contributed by atoms with Gasteiger partial charge in [-0.3, -0.25) is 43.2 Å². The van der Waals surface area contributed by atoms with Gasteiger partial charge in [-0.05, 0) is 61.8 Å². The van der Waals surface area contributed by atoms with Crippen molar-refractivity contribution in [3.05, 3.63) is 71.9 Å². The van der Waals surface area contributed by atoms with Crippen molar-refractivity contribution in [1.82, 2.24) is 41.8 Å². The Kier molecular flexibility index (Phi) is 22.1. The van der Waals surface area contributed by atoms with Gasteiger partial charge in [0.1, 0.15) is 48.3 Å². The predicted octanol–water partition coefficient (Wildman–Crippen LogP) is -2.36. The first kappa shape index (κ1) is 56.0. The molecule has 9 amide bonds. The summed E-state index contributed by atoms with van der Waals surface area (Å²) in [5.74, 6) is -7.91. The number of nitrogens with one attached hydrogen (secondary N) is 7. The molecular weight excluding hydrogens is 925 g/mol. The highest BCUT2D eigenvalue weighted by Crippen LogP contribution is 2.21. The standard InChI is InChI=1S/C47H68N12O10S/c1-3-26(2)39(46(68)56-34(21-28-23-52-31-15-8-7-14-29(28)31)42(64)53-32(16-9-10-18-48)41(63)57-36(25-70)40(51)62)58-44(66)33(20-27-12-5-4-6-13-27)54-43(65)35(22-38(50)61)55-45(67)37-17-11-19-59(37)47(69)30(49)24-60/h4-8,12-15,23,26,30,32-37,39,52,60,70H,3,9-11,16-22,24-25,48-49H2,1-2H3,(H2,50,61)(H2,51,62)(H,53,64)(H,54,65)(H,55,67)(H,56,68)(H,57,63)(H,58,66)/t26-,30-,32-,33-,34-,35-,36-,37-,39-/m0/s1. The molecule has 1 aromatic heterocycles. The minimum Gasteiger partial charge on any atom is -0.394 e. The molecule has 0 unspecified atom stereocenters. The van der Waals surface area contributed by atoms with Gasteiger partial charge in [0.2, 0.25) is 53.2 Å². The van der Waals surface area contributed by atoms with Crippen LogP contribution in [0.25, 0.3) is 10.9 Å². The largest absolute Gasteiger partial charge is 0.394 e. The second kappa shape index (κ2) is 27.6. The van der Waals surface area contributed by atoms with Gasteiger partial charge in [0.15, 0.2) is 0 Å². The minimum atomic E-state index is -1.60. The van der Waals surface area contributed by atoms with Crippen LogP contribution in [0.4, 0.5) is 0 Å². The third kappa shape index (κ3) is 16.0. The van der Waals surface area contributed by atoms with E-state index in [0.29, 0.717) is 43.4 Å². The van der Waals surface area contributed by atoms with E-state index in [9.17, 15) is 48.3 Å². The molecule has 0 bridgehead atoms. The Morgan fingerprint density at radius 3 is 2.01 bits per heavy atom. The SMILES string of the molecule is CC[C@H](C)[C@H](NC(=O)[C@H](Cc1ccccc1)NC(=O)[C@H](CC(N)=O)NC(=O)[C@@H]1CCCN1C(=O)[C@@H](N)CO)C(=O)N[C@@H](Cc1c[nH]c2ccccc12)C(=O)N[C@@H](CCCCN)C(=O)N[C@@H](CS)C(N)=O. The molecule has 4 rings (SSSR count). The Labute approximate surface area is 411 Å². The number of hydrogen-bond acceptors (Lipinski definition) is 13. The quantitative estimate of drug-likeness (QED) is 0.0269. The Balaban J connectivity index is 1.64. The fourth-order valence-electron chi connectivity index (χ4n) is 8.06. The summed E-state index contributed by atoms with van der Waals surface area (Å²) in [6.45, 7) is 3.32. The molecule has 0 spiro atoms. The number of likely N-dealkylation sites (tertiary alicyclic amines) is 1. The second-order valence-corrected chi connectivity index (χ2v) is 17.8. The lowest BCUT2D eigenvalue weighted by Gasteiger charge is -2.30. The lowest BCUT2D eigenvalue weighted by atomic mass is 9.96. The summed E-state index contributed by atoms with van der Waals surface area (Å²) in [7, 11) is 0. The molecule has 0 radical (unpaired) electrons. The van der Waals surface area contributed by atoms with Crippen LogP contribution in [-0.4, -0.2) is 142 Å². The fourth-order valence-corrected chi connectivity index (χ4v) is 8.34. The summed E-state index contributed by atoms with van der Waals surface area (Å²) in [5.41, 5.74) is 24.4. The van der Waals surface area contributed by atoms with Gasteiger partial charge in [-0.2, -0.15) is 12.6 Å². The number of aromatic nitrogens is 1. The average Bonchev–Trinajstić information content (AvgIpc) is 4.01. The molecule has 0 aliphatic carbocycles. The summed E-state index contributed by atoms with van der Waals surface area (Å²) < 4.78 is 0. The van der Waals surface area contributed by atoms with E-state index in [0.717, 1.165) is 10.9 Å². The molecule has 22 nitrogen and oxygen atoms in total. The smallest absolute Gasteiger partial charge is 0.243 e. The first-order valence-electron chi connectivity index (χ1n) is 23.4. The number of H-pyrrole nitrogens is 1. The molecule has 2 aromatic carbocycles. The van der Waals surface area contributed by atoms with Gasteiger partial charge in [-0.15, -0.1) is 0 Å². The van der Waals surface area contributed by atoms with Crippen molar-refractivity contribution in [2.24, 2.45) is 28.9 Å². The third-order valence-corrected chi connectivity index (χ3v) is 12.6. The van der Waals surface area contributed by atoms with Gasteiger partial charge < -0.3 is 69.8 Å². The van der Waals surface area contributed by atoms with Gasteiger partial charge in [-0.25, -0.2) is 0 Å². The Morgan fingerprint density at radius 1 is 0.771 bits per heavy atom. The van der Waals surface area contributed by atoms with Gasteiger partial charge >= 0.3 is 0 Å². The molecule has 1 fully saturated rings. The van der Waals surface area contributed by atoms with E-state index in [1.165, 1.54) is 4.90 Å². The number of fused-ring (bicyclic) bond motifs is 1. The van der Waals surface area contributed by atoms with Crippen molar-refractivity contribution in [3.8, 4) is 0 Å². The van der Waals surface area contributed by atoms with Crippen molar-refractivity contribution in [1.29, 1.82) is 0 Å². The van der Waals surface area contributed by atoms with Gasteiger partial charge in [-0.1, -0.05) is 68.8 Å². The molecule has 9 atom stereocenters. The maximum Gasteiger partial charge on any atom is 0.243 e. The molecule has 23 heteroatoms. The number of amides is 9. The zero-order valence-corrected chi connectivity index (χ0v) is 40.4. The van der Waals surface area contributed by atoms with Crippen molar-refractivity contribution in [3.63, 3.8) is 0 Å². The van der Waals surface area contributed by atoms with Crippen molar-refractivity contribution < 1.29 is 48.3 Å². The molecule has 2 heterocycles. The number of para-hydroxylation sites is 1. The first-order valence-corrected chi connectivity index (χ1v) is 24.0. The number of hydrogen-bond donors (Lipinski definition) is 13. The molecular formula is C47H68N12O10S. The number of primary amides is 2. The van der Waals surface area contributed by atoms with E-state index in [1.807, 2.05) is 24.3 Å². The number of carbonyl (C=O) groups is 9. The van der Waals surface area contributed by atoms with Crippen LogP contribution < -0.4 is 54.8 Å². The van der Waals surface area contributed by atoms with E-state index < -0.39 is 120 Å². The molecule has 1 aliphatic heterocycles. The van der Waals surface area contributed by atoms with Crippen LogP contribution in [0.5, 0.6) is 0 Å². The van der Waals surface area contributed by atoms with Crippen molar-refractivity contribution in [2.45, 2.75) is 120 Å². The zero-order valence-electron chi connectivity index (χ0n) is 39.5. The summed E-state index contributed by atoms with van der Waals surface area (Å²) in [4.78, 5) is 126. The maximum atomic E-state index is 14.6. The van der Waals surface area contributed by atoms with E-state index in [2.05, 4.69) is 49.5 Å². The summed E-state index contributed by atoms with van der Waals surface area (Å²) in [6.07, 6.45) is 2.91. The number of benzene rings is 2. The first-order chi connectivity index (χ1) is 33.4. The van der Waals surface area contributed by atoms with Crippen LogP contribution in [0.2, 0.25) is 0 Å². The second-order valence-electron chi connectivity index (χ2n) is 17.4. The molecule has 16 N–H and O–H groups in total. The predicted molar refractivity (Wildman–Crippen MR) is 263 cm³/mol. The van der Waals surface area contributed by atoms with Crippen LogP contribution in [0, 0.1) is 5.92 Å². The normalized spacial score (nSPS) is 16.8.